The normalized spacial score (nSPS) is 14.3. The second-order valence-corrected chi connectivity index (χ2v) is 8.14. The molecule has 0 bridgehead atoms. The molecule has 0 spiro atoms. The number of hydrogen-bond donors (Lipinski definition) is 3. The van der Waals surface area contributed by atoms with Crippen LogP contribution in [0.5, 0.6) is 0 Å². The van der Waals surface area contributed by atoms with E-state index in [0.717, 1.165) is 26.3 Å². The Labute approximate surface area is 210 Å². The smallest absolute Gasteiger partial charge is 0.392 e. The number of alkyl halides is 5. The molecule has 0 radical (unpaired) electrons. The van der Waals surface area contributed by atoms with E-state index in [-0.39, 0.29) is 23.1 Å². The van der Waals surface area contributed by atoms with Crippen molar-refractivity contribution in [3.05, 3.63) is 87.3 Å². The van der Waals surface area contributed by atoms with Crippen LogP contribution in [-0.2, 0) is 29.3 Å². The third kappa shape index (κ3) is 10.6. The maximum absolute atomic E-state index is 12.9. The molecule has 1 aromatic heterocycles. The van der Waals surface area contributed by atoms with E-state index in [1.807, 2.05) is 0 Å². The molecular weight excluding hydrogens is 533 g/mol. The van der Waals surface area contributed by atoms with Crippen molar-refractivity contribution in [2.75, 3.05) is 26.3 Å². The van der Waals surface area contributed by atoms with Gasteiger partial charge in [0.2, 0.25) is 0 Å². The fourth-order valence-corrected chi connectivity index (χ4v) is 3.13. The van der Waals surface area contributed by atoms with Crippen LogP contribution in [0.15, 0.2) is 53.3 Å². The van der Waals surface area contributed by atoms with Gasteiger partial charge in [0.25, 0.3) is 0 Å². The van der Waals surface area contributed by atoms with Crippen LogP contribution in [0, 0.1) is 5.82 Å². The predicted molar refractivity (Wildman–Crippen MR) is 122 cm³/mol. The highest BCUT2D eigenvalue weighted by Gasteiger charge is 2.38. The lowest BCUT2D eigenvalue weighted by atomic mass is 10.1. The van der Waals surface area contributed by atoms with Crippen LogP contribution in [0.3, 0.4) is 0 Å². The Hall–Kier alpha value is -2.88. The van der Waals surface area contributed by atoms with Crippen molar-refractivity contribution in [1.29, 1.82) is 0 Å². The number of aromatic nitrogens is 3. The quantitative estimate of drug-likeness (QED) is 0.397. The lowest BCUT2D eigenvalue weighted by molar-refractivity contribution is -0.137. The fourth-order valence-electron chi connectivity index (χ4n) is 2.93. The zero-order chi connectivity index (χ0) is 27.5. The maximum atomic E-state index is 12.9. The Kier molecular flexibility index (Phi) is 11.6. The van der Waals surface area contributed by atoms with E-state index >= 15 is 0 Å². The number of aromatic amines is 2. The molecule has 1 aliphatic rings. The number of nitrogens with one attached hydrogen (secondary N) is 2. The van der Waals surface area contributed by atoms with Crippen molar-refractivity contribution in [2.45, 2.75) is 24.6 Å². The van der Waals surface area contributed by atoms with E-state index in [1.165, 1.54) is 12.1 Å². The molecule has 37 heavy (non-hydrogen) atoms. The van der Waals surface area contributed by atoms with Gasteiger partial charge in [0, 0.05) is 18.7 Å². The van der Waals surface area contributed by atoms with Gasteiger partial charge < -0.3 is 9.84 Å². The number of hydrogen-bond acceptors (Lipinski definition) is 6. The molecule has 3 aromatic rings. The minimum atomic E-state index is -4.84. The maximum Gasteiger partial charge on any atom is 0.416 e. The fraction of sp³-hybridized carbons (Fsp3) is 0.364. The molecule has 7 nitrogen and oxygen atoms in total. The minimum Gasteiger partial charge on any atom is -0.392 e. The molecule has 1 saturated heterocycles. The SMILES string of the molecule is Fc1ccccc1.O=c1[nH]nc(CN2CCOCC2)[nH]1.OCc1cc(C(F)(F)F)cc(C(F)(F)SF)c1. The van der Waals surface area contributed by atoms with Crippen molar-refractivity contribution in [3.8, 4) is 0 Å². The Bertz CT molecular complexity index is 1140. The van der Waals surface area contributed by atoms with Gasteiger partial charge >= 0.3 is 17.1 Å². The Morgan fingerprint density at radius 3 is 2.11 bits per heavy atom. The second kappa shape index (κ2) is 14.2. The molecule has 0 atom stereocenters. The van der Waals surface area contributed by atoms with Gasteiger partial charge in [-0.25, -0.2) is 14.3 Å². The summed E-state index contributed by atoms with van der Waals surface area (Å²) in [6.45, 7) is 3.15. The molecule has 204 valence electrons. The number of ether oxygens (including phenoxy) is 1. The zero-order valence-corrected chi connectivity index (χ0v) is 19.9. The number of rotatable bonds is 5. The first kappa shape index (κ1) is 30.3. The van der Waals surface area contributed by atoms with Crippen LogP contribution in [0.4, 0.5) is 30.2 Å². The van der Waals surface area contributed by atoms with Crippen LogP contribution < -0.4 is 5.69 Å². The van der Waals surface area contributed by atoms with E-state index in [0.29, 0.717) is 24.5 Å². The average molecular weight is 557 g/mol. The molecule has 2 heterocycles. The number of H-pyrrole nitrogens is 2. The van der Waals surface area contributed by atoms with E-state index in [2.05, 4.69) is 20.1 Å². The van der Waals surface area contributed by atoms with Gasteiger partial charge in [0.05, 0.1) is 31.9 Å². The minimum absolute atomic E-state index is 0.158. The summed E-state index contributed by atoms with van der Waals surface area (Å²) in [4.78, 5) is 15.5. The van der Waals surface area contributed by atoms with Gasteiger partial charge in [-0.05, 0) is 35.9 Å². The highest BCUT2D eigenvalue weighted by molar-refractivity contribution is 7.94. The Balaban J connectivity index is 0.000000211. The van der Waals surface area contributed by atoms with Crippen molar-refractivity contribution in [2.24, 2.45) is 0 Å². The molecule has 0 saturated carbocycles. The van der Waals surface area contributed by atoms with Gasteiger partial charge in [-0.3, -0.25) is 9.88 Å². The third-order valence-electron chi connectivity index (χ3n) is 4.70. The molecule has 0 unspecified atom stereocenters. The summed E-state index contributed by atoms with van der Waals surface area (Å²) in [5.41, 5.74) is -3.09. The van der Waals surface area contributed by atoms with Gasteiger partial charge in [0.1, 0.15) is 23.8 Å². The topological polar surface area (TPSA) is 94.2 Å². The molecule has 0 aliphatic carbocycles. The molecule has 3 N–H and O–H groups in total. The molecule has 2 aromatic carbocycles. The number of aliphatic hydroxyl groups is 1. The van der Waals surface area contributed by atoms with Crippen molar-refractivity contribution in [3.63, 3.8) is 0 Å². The van der Waals surface area contributed by atoms with Crippen LogP contribution in [0.2, 0.25) is 0 Å². The van der Waals surface area contributed by atoms with Crippen molar-refractivity contribution in [1.82, 2.24) is 20.1 Å². The predicted octanol–water partition coefficient (Wildman–Crippen LogP) is 4.62. The Morgan fingerprint density at radius 1 is 1.03 bits per heavy atom. The average Bonchev–Trinajstić information content (AvgIpc) is 3.29. The first-order valence-electron chi connectivity index (χ1n) is 10.6. The van der Waals surface area contributed by atoms with Gasteiger partial charge in [0.15, 0.2) is 0 Å². The molecule has 15 heteroatoms. The van der Waals surface area contributed by atoms with Crippen LogP contribution in [-0.4, -0.2) is 51.5 Å². The standard InChI is InChI=1S/C9H6F6OS.C7H12N4O2.C6H5F/c10-8(11,12)6-1-5(4-16)2-7(3-6)9(13,14)17-15;12-7-8-6(9-10-7)5-11-1-3-13-4-2-11;7-6-4-2-1-3-5-6/h1-3,16H,4H2;1-5H2,(H2,8,9,10,12);1-5H. The molecular formula is C22H23F7N4O3S. The summed E-state index contributed by atoms with van der Waals surface area (Å²) in [7, 11) is 0. The highest BCUT2D eigenvalue weighted by atomic mass is 32.2. The first-order valence-corrected chi connectivity index (χ1v) is 11.3. The van der Waals surface area contributed by atoms with E-state index < -0.39 is 41.3 Å². The number of benzene rings is 2. The first-order chi connectivity index (χ1) is 17.4. The van der Waals surface area contributed by atoms with E-state index in [9.17, 15) is 35.0 Å². The molecule has 0 amide bonds. The largest absolute Gasteiger partial charge is 0.416 e. The number of halogens is 7. The summed E-state index contributed by atoms with van der Waals surface area (Å²) in [6.07, 6.45) is -4.84. The number of aliphatic hydroxyl groups excluding tert-OH is 1. The van der Waals surface area contributed by atoms with Crippen LogP contribution >= 0.6 is 12.1 Å². The number of nitrogens with zero attached hydrogens (tertiary/aromatic N) is 2. The lowest BCUT2D eigenvalue weighted by Gasteiger charge is -2.25. The summed E-state index contributed by atoms with van der Waals surface area (Å²) in [5, 5.41) is 10.8. The molecule has 1 aliphatic heterocycles. The van der Waals surface area contributed by atoms with Gasteiger partial charge in [-0.2, -0.15) is 30.9 Å². The van der Waals surface area contributed by atoms with E-state index in [4.69, 9.17) is 9.84 Å². The van der Waals surface area contributed by atoms with Gasteiger partial charge in [-0.1, -0.05) is 18.2 Å². The number of morpholine rings is 1. The zero-order valence-electron chi connectivity index (χ0n) is 19.1. The van der Waals surface area contributed by atoms with Crippen molar-refractivity contribution >= 4 is 12.1 Å². The van der Waals surface area contributed by atoms with Crippen molar-refractivity contribution < 1.29 is 40.1 Å². The summed E-state index contributed by atoms with van der Waals surface area (Å²) in [5.74, 6) is 0.509. The van der Waals surface area contributed by atoms with Crippen LogP contribution in [0.1, 0.15) is 22.5 Å². The summed E-state index contributed by atoms with van der Waals surface area (Å²) in [6, 6.07) is 9.25. The van der Waals surface area contributed by atoms with E-state index in [1.54, 1.807) is 18.2 Å². The second-order valence-electron chi connectivity index (χ2n) is 7.48. The Morgan fingerprint density at radius 2 is 1.65 bits per heavy atom. The summed E-state index contributed by atoms with van der Waals surface area (Å²) < 4.78 is 91.9. The van der Waals surface area contributed by atoms with Crippen LogP contribution in [0.25, 0.3) is 0 Å². The molecule has 1 fully saturated rings. The monoisotopic (exact) mass is 556 g/mol. The molecule has 4 rings (SSSR count). The lowest BCUT2D eigenvalue weighted by Crippen LogP contribution is -2.36. The summed E-state index contributed by atoms with van der Waals surface area (Å²) >= 11 is -1.36. The third-order valence-corrected chi connectivity index (χ3v) is 5.13. The highest BCUT2D eigenvalue weighted by Crippen LogP contribution is 2.42. The van der Waals surface area contributed by atoms with Gasteiger partial charge in [-0.15, -0.1) is 0 Å².